The van der Waals surface area contributed by atoms with Gasteiger partial charge in [-0.2, -0.15) is 0 Å². The van der Waals surface area contributed by atoms with Crippen LogP contribution in [0.15, 0.2) is 18.2 Å². The Hall–Kier alpha value is -2.14. The number of nitrogens with zero attached hydrogens (tertiary/aromatic N) is 2. The van der Waals surface area contributed by atoms with Crippen LogP contribution < -0.4 is 0 Å². The molecule has 0 aliphatic carbocycles. The number of halogens is 1. The molecule has 0 fully saturated rings. The first-order valence-electron chi connectivity index (χ1n) is 8.36. The van der Waals surface area contributed by atoms with Gasteiger partial charge in [-0.3, -0.25) is 9.78 Å². The number of fused-ring (bicyclic) bond motifs is 2. The topological polar surface area (TPSA) is 59.5 Å². The van der Waals surface area contributed by atoms with E-state index in [2.05, 4.69) is 6.92 Å². The number of aryl methyl sites for hydroxylation is 1. The zero-order valence-electron chi connectivity index (χ0n) is 14.8. The maximum Gasteiger partial charge on any atom is 0.409 e. The lowest BCUT2D eigenvalue weighted by atomic mass is 9.97. The Morgan fingerprint density at radius 1 is 1.24 bits per heavy atom. The van der Waals surface area contributed by atoms with Crippen LogP contribution in [0.2, 0.25) is 0 Å². The highest BCUT2D eigenvalue weighted by Gasteiger charge is 2.22. The summed E-state index contributed by atoms with van der Waals surface area (Å²) in [4.78, 5) is 30.2. The SMILES string of the molecule is CCOC(=O)N1CCc2nc3ccc(C(C)=O)cc3c(C)c2CC1.Cl. The van der Waals surface area contributed by atoms with E-state index in [9.17, 15) is 9.59 Å². The van der Waals surface area contributed by atoms with Gasteiger partial charge in [0.25, 0.3) is 0 Å². The minimum Gasteiger partial charge on any atom is -0.450 e. The first kappa shape index (κ1) is 19.2. The zero-order chi connectivity index (χ0) is 17.3. The second-order valence-electron chi connectivity index (χ2n) is 6.14. The summed E-state index contributed by atoms with van der Waals surface area (Å²) < 4.78 is 5.11. The molecule has 3 rings (SSSR count). The molecule has 1 aromatic carbocycles. The van der Waals surface area contributed by atoms with Crippen molar-refractivity contribution in [1.29, 1.82) is 0 Å². The molecule has 0 atom stereocenters. The van der Waals surface area contributed by atoms with Crippen LogP contribution in [-0.4, -0.2) is 41.5 Å². The van der Waals surface area contributed by atoms with Gasteiger partial charge in [-0.05, 0) is 56.5 Å². The zero-order valence-corrected chi connectivity index (χ0v) is 15.6. The van der Waals surface area contributed by atoms with Gasteiger partial charge in [0.05, 0.1) is 12.1 Å². The second kappa shape index (κ2) is 7.83. The summed E-state index contributed by atoms with van der Waals surface area (Å²) in [5.41, 5.74) is 5.00. The number of rotatable bonds is 2. The number of aromatic nitrogens is 1. The maximum atomic E-state index is 12.0. The van der Waals surface area contributed by atoms with Crippen LogP contribution in [-0.2, 0) is 17.6 Å². The van der Waals surface area contributed by atoms with E-state index in [1.54, 1.807) is 11.8 Å². The number of hydrogen-bond donors (Lipinski definition) is 0. The Labute approximate surface area is 153 Å². The van der Waals surface area contributed by atoms with Crippen molar-refractivity contribution in [1.82, 2.24) is 9.88 Å². The van der Waals surface area contributed by atoms with Gasteiger partial charge < -0.3 is 9.64 Å². The summed E-state index contributed by atoms with van der Waals surface area (Å²) >= 11 is 0. The minimum absolute atomic E-state index is 0. The van der Waals surface area contributed by atoms with Crippen molar-refractivity contribution >= 4 is 35.2 Å². The molecule has 1 aliphatic rings. The third-order valence-corrected chi connectivity index (χ3v) is 4.64. The minimum atomic E-state index is -0.258. The quantitative estimate of drug-likeness (QED) is 0.764. The van der Waals surface area contributed by atoms with Crippen LogP contribution in [0, 0.1) is 6.92 Å². The molecule has 0 saturated heterocycles. The van der Waals surface area contributed by atoms with Crippen LogP contribution in [0.25, 0.3) is 10.9 Å². The number of ketones is 1. The average molecular weight is 363 g/mol. The highest BCUT2D eigenvalue weighted by molar-refractivity contribution is 5.98. The number of hydrogen-bond acceptors (Lipinski definition) is 4. The highest BCUT2D eigenvalue weighted by atomic mass is 35.5. The van der Waals surface area contributed by atoms with Crippen molar-refractivity contribution in [3.05, 3.63) is 40.6 Å². The van der Waals surface area contributed by atoms with Crippen molar-refractivity contribution < 1.29 is 14.3 Å². The Morgan fingerprint density at radius 3 is 2.64 bits per heavy atom. The van der Waals surface area contributed by atoms with Gasteiger partial charge >= 0.3 is 6.09 Å². The molecule has 1 aliphatic heterocycles. The number of benzene rings is 1. The van der Waals surface area contributed by atoms with E-state index in [0.29, 0.717) is 25.3 Å². The summed E-state index contributed by atoms with van der Waals surface area (Å²) in [5.74, 6) is 0.0553. The Balaban J connectivity index is 0.00000225. The van der Waals surface area contributed by atoms with E-state index in [1.807, 2.05) is 25.1 Å². The molecule has 0 bridgehead atoms. The molecule has 1 aromatic heterocycles. The average Bonchev–Trinajstić information content (AvgIpc) is 2.78. The third-order valence-electron chi connectivity index (χ3n) is 4.64. The lowest BCUT2D eigenvalue weighted by Gasteiger charge is -2.18. The van der Waals surface area contributed by atoms with Gasteiger partial charge in [0, 0.05) is 36.2 Å². The molecule has 6 heteroatoms. The van der Waals surface area contributed by atoms with Crippen molar-refractivity contribution in [2.45, 2.75) is 33.6 Å². The fourth-order valence-corrected chi connectivity index (χ4v) is 3.28. The number of amides is 1. The van der Waals surface area contributed by atoms with Crippen LogP contribution >= 0.6 is 12.4 Å². The maximum absolute atomic E-state index is 12.0. The molecule has 2 aromatic rings. The standard InChI is InChI=1S/C19H22N2O3.ClH/c1-4-24-19(23)21-9-7-15-12(2)16-11-14(13(3)22)5-6-17(16)20-18(15)8-10-21;/h5-6,11H,4,7-10H2,1-3H3;1H. The van der Waals surface area contributed by atoms with Gasteiger partial charge in [-0.15, -0.1) is 12.4 Å². The van der Waals surface area contributed by atoms with E-state index in [1.165, 1.54) is 5.56 Å². The highest BCUT2D eigenvalue weighted by Crippen LogP contribution is 2.27. The van der Waals surface area contributed by atoms with Crippen LogP contribution in [0.1, 0.15) is 41.0 Å². The van der Waals surface area contributed by atoms with Crippen LogP contribution in [0.3, 0.4) is 0 Å². The molecule has 134 valence electrons. The molecule has 0 saturated carbocycles. The summed E-state index contributed by atoms with van der Waals surface area (Å²) in [5, 5.41) is 1.02. The molecule has 5 nitrogen and oxygen atoms in total. The second-order valence-corrected chi connectivity index (χ2v) is 6.14. The van der Waals surface area contributed by atoms with Crippen molar-refractivity contribution in [3.63, 3.8) is 0 Å². The third kappa shape index (κ3) is 3.76. The molecule has 0 unspecified atom stereocenters. The van der Waals surface area contributed by atoms with E-state index in [4.69, 9.17) is 9.72 Å². The largest absolute Gasteiger partial charge is 0.450 e. The van der Waals surface area contributed by atoms with Crippen LogP contribution in [0.4, 0.5) is 4.79 Å². The number of carbonyl (C=O) groups is 2. The van der Waals surface area contributed by atoms with Gasteiger partial charge in [-0.25, -0.2) is 4.79 Å². The van der Waals surface area contributed by atoms with E-state index in [0.717, 1.165) is 35.0 Å². The predicted molar refractivity (Wildman–Crippen MR) is 99.7 cm³/mol. The molecule has 2 heterocycles. The fourth-order valence-electron chi connectivity index (χ4n) is 3.28. The number of pyridine rings is 1. The normalized spacial score (nSPS) is 13.6. The van der Waals surface area contributed by atoms with Gasteiger partial charge in [0.2, 0.25) is 0 Å². The lowest BCUT2D eigenvalue weighted by molar-refractivity contribution is 0.101. The first-order valence-corrected chi connectivity index (χ1v) is 8.36. The Bertz CT molecular complexity index is 820. The first-order chi connectivity index (χ1) is 11.5. The van der Waals surface area contributed by atoms with Crippen molar-refractivity contribution in [3.8, 4) is 0 Å². The predicted octanol–water partition coefficient (Wildman–Crippen LogP) is 3.72. The number of ether oxygens (including phenoxy) is 1. The Kier molecular flexibility index (Phi) is 6.01. The van der Waals surface area contributed by atoms with E-state index in [-0.39, 0.29) is 24.3 Å². The van der Waals surface area contributed by atoms with E-state index < -0.39 is 0 Å². The molecule has 0 spiro atoms. The molecule has 25 heavy (non-hydrogen) atoms. The van der Waals surface area contributed by atoms with Crippen molar-refractivity contribution in [2.24, 2.45) is 0 Å². The number of Topliss-reactive ketones (excluding diaryl/α,β-unsaturated/α-hetero) is 1. The molecule has 1 amide bonds. The van der Waals surface area contributed by atoms with Crippen molar-refractivity contribution in [2.75, 3.05) is 19.7 Å². The Morgan fingerprint density at radius 2 is 1.96 bits per heavy atom. The molecule has 0 N–H and O–H groups in total. The molecule has 0 radical (unpaired) electrons. The monoisotopic (exact) mass is 362 g/mol. The van der Waals surface area contributed by atoms with Crippen LogP contribution in [0.5, 0.6) is 0 Å². The van der Waals surface area contributed by atoms with Gasteiger partial charge in [0.1, 0.15) is 0 Å². The van der Waals surface area contributed by atoms with Gasteiger partial charge in [0.15, 0.2) is 5.78 Å². The summed E-state index contributed by atoms with van der Waals surface area (Å²) in [7, 11) is 0. The summed E-state index contributed by atoms with van der Waals surface area (Å²) in [6.07, 6.45) is 1.22. The van der Waals surface area contributed by atoms with E-state index >= 15 is 0 Å². The summed E-state index contributed by atoms with van der Waals surface area (Å²) in [6, 6.07) is 5.66. The molecular formula is C19H23ClN2O3. The van der Waals surface area contributed by atoms with Gasteiger partial charge in [-0.1, -0.05) is 0 Å². The number of carbonyl (C=O) groups excluding carboxylic acids is 2. The lowest BCUT2D eigenvalue weighted by Crippen LogP contribution is -2.33. The fraction of sp³-hybridized carbons (Fsp3) is 0.421. The summed E-state index contributed by atoms with van der Waals surface area (Å²) in [6.45, 7) is 7.10. The smallest absolute Gasteiger partial charge is 0.409 e. The molecular weight excluding hydrogens is 340 g/mol.